The van der Waals surface area contributed by atoms with Crippen LogP contribution in [0.5, 0.6) is 0 Å². The first-order valence-corrected chi connectivity index (χ1v) is 5.22. The van der Waals surface area contributed by atoms with E-state index in [1.807, 2.05) is 6.07 Å². The number of aryl methyl sites for hydroxylation is 1. The van der Waals surface area contributed by atoms with Crippen molar-refractivity contribution in [2.45, 2.75) is 31.0 Å². The van der Waals surface area contributed by atoms with E-state index in [1.54, 1.807) is 12.3 Å². The van der Waals surface area contributed by atoms with E-state index in [0.29, 0.717) is 18.5 Å². The summed E-state index contributed by atoms with van der Waals surface area (Å²) in [6.07, 6.45) is -1.47. The van der Waals surface area contributed by atoms with Crippen molar-refractivity contribution in [2.75, 3.05) is 7.05 Å². The molecule has 2 nitrogen and oxygen atoms in total. The standard InChI is InChI=1S/C11H13F3N2/c1-15-10(11(12,13)14)8-5-4-7-3-2-6-16-9(7)8/h2-3,6,8,10,15H,4-5H2,1H3. The minimum atomic E-state index is -4.22. The number of fused-ring (bicyclic) bond motifs is 1. The molecule has 5 heteroatoms. The van der Waals surface area contributed by atoms with Crippen LogP contribution in [0.25, 0.3) is 0 Å². The normalized spacial score (nSPS) is 21.9. The third kappa shape index (κ3) is 1.91. The van der Waals surface area contributed by atoms with Crippen molar-refractivity contribution in [1.29, 1.82) is 0 Å². The van der Waals surface area contributed by atoms with Crippen molar-refractivity contribution in [3.8, 4) is 0 Å². The first-order valence-electron chi connectivity index (χ1n) is 5.22. The molecule has 1 heterocycles. The van der Waals surface area contributed by atoms with Crippen LogP contribution >= 0.6 is 0 Å². The molecule has 1 aromatic heterocycles. The summed E-state index contributed by atoms with van der Waals surface area (Å²) in [7, 11) is 1.35. The Kier molecular flexibility index (Phi) is 2.88. The SMILES string of the molecule is CNC(C1CCc2cccnc21)C(F)(F)F. The molecular weight excluding hydrogens is 217 g/mol. The summed E-state index contributed by atoms with van der Waals surface area (Å²) in [6, 6.07) is 2.12. The zero-order valence-electron chi connectivity index (χ0n) is 8.88. The number of nitrogens with zero attached hydrogens (tertiary/aromatic N) is 1. The second kappa shape index (κ2) is 4.05. The van der Waals surface area contributed by atoms with Gasteiger partial charge in [0.15, 0.2) is 0 Å². The lowest BCUT2D eigenvalue weighted by Gasteiger charge is -2.25. The molecule has 1 aliphatic rings. The molecule has 0 aliphatic heterocycles. The van der Waals surface area contributed by atoms with Gasteiger partial charge in [-0.15, -0.1) is 0 Å². The van der Waals surface area contributed by atoms with E-state index < -0.39 is 18.1 Å². The molecule has 1 aromatic rings. The fourth-order valence-electron chi connectivity index (χ4n) is 2.36. The van der Waals surface area contributed by atoms with E-state index in [-0.39, 0.29) is 0 Å². The molecule has 0 saturated heterocycles. The molecule has 2 rings (SSSR count). The Hall–Kier alpha value is -1.10. The minimum Gasteiger partial charge on any atom is -0.309 e. The number of likely N-dealkylation sites (N-methyl/N-ethyl adjacent to an activating group) is 1. The van der Waals surface area contributed by atoms with Crippen LogP contribution in [-0.2, 0) is 6.42 Å². The van der Waals surface area contributed by atoms with Gasteiger partial charge < -0.3 is 5.32 Å². The van der Waals surface area contributed by atoms with Gasteiger partial charge in [-0.3, -0.25) is 4.98 Å². The number of pyridine rings is 1. The summed E-state index contributed by atoms with van der Waals surface area (Å²) in [5.41, 5.74) is 1.54. The van der Waals surface area contributed by atoms with Crippen LogP contribution in [0.15, 0.2) is 18.3 Å². The van der Waals surface area contributed by atoms with Crippen molar-refractivity contribution in [3.05, 3.63) is 29.6 Å². The first kappa shape index (κ1) is 11.4. The van der Waals surface area contributed by atoms with Crippen LogP contribution in [0.2, 0.25) is 0 Å². The van der Waals surface area contributed by atoms with Crippen LogP contribution in [0.4, 0.5) is 13.2 Å². The van der Waals surface area contributed by atoms with Crippen molar-refractivity contribution in [2.24, 2.45) is 0 Å². The van der Waals surface area contributed by atoms with Crippen molar-refractivity contribution in [1.82, 2.24) is 10.3 Å². The summed E-state index contributed by atoms with van der Waals surface area (Å²) in [5.74, 6) is -0.554. The van der Waals surface area contributed by atoms with Gasteiger partial charge in [0.2, 0.25) is 0 Å². The molecule has 0 aromatic carbocycles. The van der Waals surface area contributed by atoms with Crippen LogP contribution in [-0.4, -0.2) is 24.2 Å². The molecule has 0 bridgehead atoms. The molecule has 0 fully saturated rings. The van der Waals surface area contributed by atoms with Gasteiger partial charge in [-0.1, -0.05) is 6.07 Å². The molecule has 2 unspecified atom stereocenters. The summed E-state index contributed by atoms with van der Waals surface area (Å²) >= 11 is 0. The number of nitrogens with one attached hydrogen (secondary N) is 1. The Morgan fingerprint density at radius 1 is 1.50 bits per heavy atom. The largest absolute Gasteiger partial charge is 0.404 e. The average molecular weight is 230 g/mol. The van der Waals surface area contributed by atoms with E-state index in [1.165, 1.54) is 7.05 Å². The van der Waals surface area contributed by atoms with Crippen LogP contribution < -0.4 is 5.32 Å². The molecule has 0 spiro atoms. The summed E-state index contributed by atoms with van der Waals surface area (Å²) in [4.78, 5) is 4.08. The lowest BCUT2D eigenvalue weighted by Crippen LogP contribution is -2.44. The highest BCUT2D eigenvalue weighted by molar-refractivity contribution is 5.30. The zero-order valence-corrected chi connectivity index (χ0v) is 8.88. The van der Waals surface area contributed by atoms with E-state index in [9.17, 15) is 13.2 Å². The molecular formula is C11H13F3N2. The molecule has 2 atom stereocenters. The maximum absolute atomic E-state index is 12.8. The predicted molar refractivity (Wildman–Crippen MR) is 54.2 cm³/mol. The predicted octanol–water partition coefficient (Wildman–Crippen LogP) is 2.26. The molecule has 0 radical (unpaired) electrons. The smallest absolute Gasteiger partial charge is 0.309 e. The van der Waals surface area contributed by atoms with Gasteiger partial charge in [0, 0.05) is 17.8 Å². The van der Waals surface area contributed by atoms with Gasteiger partial charge in [0.25, 0.3) is 0 Å². The zero-order chi connectivity index (χ0) is 11.8. The van der Waals surface area contributed by atoms with Gasteiger partial charge in [0.1, 0.15) is 6.04 Å². The summed E-state index contributed by atoms with van der Waals surface area (Å²) < 4.78 is 38.3. The second-order valence-electron chi connectivity index (χ2n) is 4.00. The number of hydrogen-bond acceptors (Lipinski definition) is 2. The fourth-order valence-corrected chi connectivity index (χ4v) is 2.36. The van der Waals surface area contributed by atoms with Crippen molar-refractivity contribution in [3.63, 3.8) is 0 Å². The van der Waals surface area contributed by atoms with Gasteiger partial charge in [-0.05, 0) is 31.5 Å². The Morgan fingerprint density at radius 3 is 2.88 bits per heavy atom. The monoisotopic (exact) mass is 230 g/mol. The van der Waals surface area contributed by atoms with E-state index in [2.05, 4.69) is 10.3 Å². The van der Waals surface area contributed by atoms with E-state index >= 15 is 0 Å². The molecule has 1 N–H and O–H groups in total. The topological polar surface area (TPSA) is 24.9 Å². The Balaban J connectivity index is 2.30. The molecule has 1 aliphatic carbocycles. The number of halogens is 3. The highest BCUT2D eigenvalue weighted by Crippen LogP contribution is 2.39. The van der Waals surface area contributed by atoms with Crippen LogP contribution in [0.3, 0.4) is 0 Å². The van der Waals surface area contributed by atoms with Crippen LogP contribution in [0.1, 0.15) is 23.6 Å². The van der Waals surface area contributed by atoms with E-state index in [4.69, 9.17) is 0 Å². The number of hydrogen-bond donors (Lipinski definition) is 1. The summed E-state index contributed by atoms with van der Waals surface area (Å²) in [6.45, 7) is 0. The number of aromatic nitrogens is 1. The lowest BCUT2D eigenvalue weighted by molar-refractivity contribution is -0.160. The average Bonchev–Trinajstić information content (AvgIpc) is 2.61. The Morgan fingerprint density at radius 2 is 2.25 bits per heavy atom. The highest BCUT2D eigenvalue weighted by Gasteiger charge is 2.46. The molecule has 16 heavy (non-hydrogen) atoms. The number of alkyl halides is 3. The number of rotatable bonds is 2. The fraction of sp³-hybridized carbons (Fsp3) is 0.545. The molecule has 0 saturated carbocycles. The third-order valence-electron chi connectivity index (χ3n) is 3.07. The lowest BCUT2D eigenvalue weighted by atomic mass is 9.96. The third-order valence-corrected chi connectivity index (χ3v) is 3.07. The molecule has 88 valence electrons. The van der Waals surface area contributed by atoms with Crippen molar-refractivity contribution >= 4 is 0 Å². The van der Waals surface area contributed by atoms with Crippen molar-refractivity contribution < 1.29 is 13.2 Å². The van der Waals surface area contributed by atoms with Crippen LogP contribution in [0, 0.1) is 0 Å². The Labute approximate surface area is 91.9 Å². The summed E-state index contributed by atoms with van der Waals surface area (Å²) in [5, 5.41) is 2.36. The van der Waals surface area contributed by atoms with Gasteiger partial charge in [0.05, 0.1) is 0 Å². The first-order chi connectivity index (χ1) is 7.54. The minimum absolute atomic E-state index is 0.511. The maximum atomic E-state index is 12.8. The Bertz CT molecular complexity index is 376. The van der Waals surface area contributed by atoms with Gasteiger partial charge in [-0.2, -0.15) is 13.2 Å². The van der Waals surface area contributed by atoms with E-state index in [0.717, 1.165) is 5.56 Å². The highest BCUT2D eigenvalue weighted by atomic mass is 19.4. The quantitative estimate of drug-likeness (QED) is 0.843. The van der Waals surface area contributed by atoms with Gasteiger partial charge >= 0.3 is 6.18 Å². The van der Waals surface area contributed by atoms with Gasteiger partial charge in [-0.25, -0.2) is 0 Å². The maximum Gasteiger partial charge on any atom is 0.404 e. The molecule has 0 amide bonds. The second-order valence-corrected chi connectivity index (χ2v) is 4.00.